The fourth-order valence-corrected chi connectivity index (χ4v) is 9.86. The number of aliphatic hydroxyl groups excluding tert-OH is 8. The average Bonchev–Trinajstić information content (AvgIpc) is 3.34. The van der Waals surface area contributed by atoms with Crippen LogP contribution in [0, 0.1) is 5.92 Å². The zero-order valence-electron chi connectivity index (χ0n) is 48.8. The van der Waals surface area contributed by atoms with Crippen molar-refractivity contribution in [1.82, 2.24) is 41.3 Å². The van der Waals surface area contributed by atoms with Crippen molar-refractivity contribution in [3.8, 4) is 11.5 Å². The van der Waals surface area contributed by atoms with Gasteiger partial charge in [-0.1, -0.05) is 43.3 Å². The zero-order chi connectivity index (χ0) is 62.5. The van der Waals surface area contributed by atoms with Gasteiger partial charge in [-0.2, -0.15) is 0 Å². The normalized spacial score (nSPS) is 26.3. The lowest BCUT2D eigenvalue weighted by Crippen LogP contribution is -2.64. The van der Waals surface area contributed by atoms with E-state index in [4.69, 9.17) is 18.9 Å². The molecule has 468 valence electrons. The Bertz CT molecular complexity index is 2600. The fourth-order valence-electron chi connectivity index (χ4n) is 9.86. The van der Waals surface area contributed by atoms with Gasteiger partial charge >= 0.3 is 12.2 Å². The molecule has 13 atom stereocenters. The van der Waals surface area contributed by atoms with Crippen molar-refractivity contribution in [2.24, 2.45) is 5.92 Å². The van der Waals surface area contributed by atoms with E-state index in [1.165, 1.54) is 53.0 Å². The summed E-state index contributed by atoms with van der Waals surface area (Å²) in [4.78, 5) is 117. The van der Waals surface area contributed by atoms with Crippen LogP contribution in [0.3, 0.4) is 0 Å². The molecule has 0 aliphatic carbocycles. The number of nitrogens with zero attached hydrogens (tertiary/aromatic N) is 3. The molecule has 3 aliphatic heterocycles. The maximum absolute atomic E-state index is 15.2. The lowest BCUT2D eigenvalue weighted by Gasteiger charge is -2.35. The summed E-state index contributed by atoms with van der Waals surface area (Å²) >= 11 is 0. The first-order valence-corrected chi connectivity index (χ1v) is 27.8. The van der Waals surface area contributed by atoms with E-state index >= 15 is 9.59 Å². The second kappa shape index (κ2) is 29.7. The van der Waals surface area contributed by atoms with Crippen LogP contribution < -0.4 is 36.1 Å². The smallest absolute Gasteiger partial charge is 0.410 e. The molecule has 3 aliphatic rings. The maximum atomic E-state index is 15.2. The molecule has 3 heterocycles. The van der Waals surface area contributed by atoms with Crippen LogP contribution in [0.1, 0.15) is 85.8 Å². The molecule has 3 fully saturated rings. The first-order valence-electron chi connectivity index (χ1n) is 27.8. The topological polar surface area (TPSA) is 405 Å². The molecule has 28 heteroatoms. The van der Waals surface area contributed by atoms with Gasteiger partial charge in [0.05, 0.1) is 63.0 Å². The number of ether oxygens (including phenoxy) is 4. The van der Waals surface area contributed by atoms with Gasteiger partial charge in [-0.25, -0.2) is 9.59 Å². The van der Waals surface area contributed by atoms with Gasteiger partial charge in [-0.3, -0.25) is 28.8 Å². The number of alkyl carbamates (subject to hydrolysis) is 1. The van der Waals surface area contributed by atoms with Crippen molar-refractivity contribution in [3.63, 3.8) is 0 Å². The zero-order valence-corrected chi connectivity index (χ0v) is 48.8. The number of β-amino-alcohol motifs (C(OH)–C–C–N with tert-alkyl or cyclic N) is 1. The Labute approximate surface area is 487 Å². The molecule has 8 amide bonds. The average molecular weight is 1190 g/mol. The highest BCUT2D eigenvalue weighted by molar-refractivity contribution is 5.98. The number of carbonyl (C=O) groups is 8. The predicted molar refractivity (Wildman–Crippen MR) is 296 cm³/mol. The second-order valence-electron chi connectivity index (χ2n) is 23.4. The second-order valence-corrected chi connectivity index (χ2v) is 23.4. The number of fused-ring (bicyclic) bond motifs is 2. The molecule has 0 aromatic heterocycles. The van der Waals surface area contributed by atoms with Gasteiger partial charge in [-0.15, -0.1) is 0 Å². The summed E-state index contributed by atoms with van der Waals surface area (Å²) in [5, 5.41) is 102. The van der Waals surface area contributed by atoms with Crippen molar-refractivity contribution < 1.29 is 98.2 Å². The Morgan fingerprint density at radius 2 is 1.35 bits per heavy atom. The summed E-state index contributed by atoms with van der Waals surface area (Å²) in [6.45, 7) is 8.22. The van der Waals surface area contributed by atoms with Crippen LogP contribution in [0.15, 0.2) is 48.5 Å². The van der Waals surface area contributed by atoms with Gasteiger partial charge in [0.1, 0.15) is 54.1 Å². The van der Waals surface area contributed by atoms with Crippen LogP contribution in [0.2, 0.25) is 0 Å². The van der Waals surface area contributed by atoms with Gasteiger partial charge < -0.3 is 101 Å². The van der Waals surface area contributed by atoms with Crippen molar-refractivity contribution in [2.75, 3.05) is 46.5 Å². The molecule has 2 aromatic rings. The Kier molecular flexibility index (Phi) is 24.0. The third-order valence-corrected chi connectivity index (χ3v) is 14.2. The van der Waals surface area contributed by atoms with E-state index in [9.17, 15) is 69.6 Å². The molecule has 0 spiro atoms. The van der Waals surface area contributed by atoms with Crippen molar-refractivity contribution in [2.45, 2.75) is 178 Å². The molecular weight excluding hydrogens is 1100 g/mol. The van der Waals surface area contributed by atoms with E-state index in [1.54, 1.807) is 20.8 Å². The quantitative estimate of drug-likeness (QED) is 0.0813. The number of nitrogens with one attached hydrogen (secondary N) is 5. The fraction of sp³-hybridized carbons (Fsp3) is 0.643. The molecule has 3 saturated heterocycles. The van der Waals surface area contributed by atoms with E-state index in [0.717, 1.165) is 27.2 Å². The van der Waals surface area contributed by atoms with E-state index in [-0.39, 0.29) is 12.4 Å². The minimum atomic E-state index is -2.17. The number of hydrogen-bond acceptors (Lipinski definition) is 20. The molecule has 28 nitrogen and oxygen atoms in total. The van der Waals surface area contributed by atoms with Crippen LogP contribution in [-0.4, -0.2) is 240 Å². The summed E-state index contributed by atoms with van der Waals surface area (Å²) in [6, 6.07) is 0.994. The molecule has 5 rings (SSSR count). The van der Waals surface area contributed by atoms with Gasteiger partial charge in [0.25, 0.3) is 0 Å². The van der Waals surface area contributed by atoms with E-state index in [0.29, 0.717) is 11.3 Å². The largest absolute Gasteiger partial charge is 0.493 e. The molecule has 0 saturated carbocycles. The molecule has 0 bridgehead atoms. The Hall–Kier alpha value is -6.92. The predicted octanol–water partition coefficient (Wildman–Crippen LogP) is -2.70. The number of amides is 8. The minimum absolute atomic E-state index is 0.150. The van der Waals surface area contributed by atoms with E-state index in [1.807, 2.05) is 30.3 Å². The number of hydrogen-bond donors (Lipinski definition) is 13. The molecule has 13 N–H and O–H groups in total. The number of rotatable bonds is 16. The molecule has 84 heavy (non-hydrogen) atoms. The Balaban J connectivity index is 1.64. The van der Waals surface area contributed by atoms with Gasteiger partial charge in [0.2, 0.25) is 35.4 Å². The highest BCUT2D eigenvalue weighted by Gasteiger charge is 2.50. The SMILES string of the molecule is COc1cc(C[C@@H](O)C2NC(=O)[C@@H]3C[C@@H](O)CN3C(=O)C([C@@H](C)O)NC(=O)[C@H](NC(=O)OC(C)(C)C)C[C@@H](O)CNC(=O)[C@@H]3[C@@H](O)[C@@H](C)CN3C(=O)[C@H]([C@H](O)CCN(C(=O)OC(C)(C)C)C(CO)CO)NC2=O)ccc1OCc1ccccc1. The molecular formula is C56H84N8O20. The monoisotopic (exact) mass is 1190 g/mol. The number of methoxy groups -OCH3 is 1. The highest BCUT2D eigenvalue weighted by Crippen LogP contribution is 2.31. The summed E-state index contributed by atoms with van der Waals surface area (Å²) in [5.74, 6) is -7.51. The van der Waals surface area contributed by atoms with Crippen LogP contribution in [0.4, 0.5) is 9.59 Å². The lowest BCUT2D eigenvalue weighted by molar-refractivity contribution is -0.147. The van der Waals surface area contributed by atoms with Crippen LogP contribution in [-0.2, 0) is 51.3 Å². The minimum Gasteiger partial charge on any atom is -0.493 e. The maximum Gasteiger partial charge on any atom is 0.410 e. The van der Waals surface area contributed by atoms with Crippen LogP contribution in [0.25, 0.3) is 0 Å². The first kappa shape index (κ1) is 67.9. The summed E-state index contributed by atoms with van der Waals surface area (Å²) in [5.41, 5.74) is -1.06. The third kappa shape index (κ3) is 18.5. The number of carbonyl (C=O) groups excluding carboxylic acids is 8. The Morgan fingerprint density at radius 1 is 0.726 bits per heavy atom. The third-order valence-electron chi connectivity index (χ3n) is 14.2. The number of benzene rings is 2. The lowest BCUT2D eigenvalue weighted by atomic mass is 9.98. The highest BCUT2D eigenvalue weighted by atomic mass is 16.6. The van der Waals surface area contributed by atoms with Crippen LogP contribution in [0.5, 0.6) is 11.5 Å². The number of aliphatic hydroxyl groups is 8. The van der Waals surface area contributed by atoms with Gasteiger partial charge in [0.15, 0.2) is 11.5 Å². The molecule has 2 aromatic carbocycles. The van der Waals surface area contributed by atoms with E-state index in [2.05, 4.69) is 26.6 Å². The van der Waals surface area contributed by atoms with Crippen LogP contribution >= 0.6 is 0 Å². The summed E-state index contributed by atoms with van der Waals surface area (Å²) in [6.07, 6.45) is -15.0. The summed E-state index contributed by atoms with van der Waals surface area (Å²) < 4.78 is 22.4. The van der Waals surface area contributed by atoms with Gasteiger partial charge in [0, 0.05) is 51.4 Å². The standard InChI is InChI=1S/C56H84N8O20/c1-29-24-64-45(46(29)72)50(76)57-23-34(68)21-36(58-53(79)83-55(3,4)5)47(73)59-42(30(2)67)51(77)63-25-35(69)22-37(63)48(74)60-43(39(71)19-32-15-16-40(41(20-32)81-9)82-28-31-13-11-10-12-14-31)49(75)61-44(52(64)78)38(70)17-18-62(33(26-65)27-66)54(80)84-56(6,7)8/h10-16,20,29-30,33-39,42-46,65-72H,17-19,21-28H2,1-9H3,(H,57,76)(H,58,79)(H,59,73)(H,60,74)(H,61,75)/t29-,30+,34+,35+,36+,37-,38+,39+,42?,43?,44-,45-,46-/m0/s1. The molecule has 0 radical (unpaired) electrons. The van der Waals surface area contributed by atoms with Gasteiger partial charge in [-0.05, 0) is 78.1 Å². The first-order chi connectivity index (χ1) is 39.4. The molecule has 2 unspecified atom stereocenters. The summed E-state index contributed by atoms with van der Waals surface area (Å²) in [7, 11) is 1.37. The van der Waals surface area contributed by atoms with Crippen molar-refractivity contribution in [1.29, 1.82) is 0 Å². The van der Waals surface area contributed by atoms with Crippen molar-refractivity contribution >= 4 is 47.6 Å². The van der Waals surface area contributed by atoms with Crippen molar-refractivity contribution in [3.05, 3.63) is 59.7 Å². The Morgan fingerprint density at radius 3 is 1.95 bits per heavy atom. The van der Waals surface area contributed by atoms with E-state index < -0.39 is 209 Å².